The largest absolute Gasteiger partial charge is 0.391 e. The molecule has 0 radical (unpaired) electrons. The fourth-order valence-corrected chi connectivity index (χ4v) is 2.50. The standard InChI is InChI=1S/C14H21N3O2/c1-3-11-10(8-9(2)16-17-11)14(19)15-12-6-4-5-7-13(12)18/h8,12-13,18H,3-7H2,1-2H3,(H,15,19). The van der Waals surface area contributed by atoms with Crippen molar-refractivity contribution in [1.29, 1.82) is 0 Å². The van der Waals surface area contributed by atoms with Crippen molar-refractivity contribution in [2.24, 2.45) is 0 Å². The van der Waals surface area contributed by atoms with Gasteiger partial charge in [0.05, 0.1) is 29.1 Å². The lowest BCUT2D eigenvalue weighted by Gasteiger charge is -2.28. The number of carbonyl (C=O) groups is 1. The minimum Gasteiger partial charge on any atom is -0.391 e. The van der Waals surface area contributed by atoms with Crippen LogP contribution in [0.5, 0.6) is 0 Å². The predicted molar refractivity (Wildman–Crippen MR) is 71.9 cm³/mol. The summed E-state index contributed by atoms with van der Waals surface area (Å²) in [5.41, 5.74) is 2.01. The van der Waals surface area contributed by atoms with Crippen molar-refractivity contribution in [3.63, 3.8) is 0 Å². The van der Waals surface area contributed by atoms with Crippen LogP contribution in [-0.2, 0) is 6.42 Å². The first kappa shape index (κ1) is 13.9. The molecule has 2 N–H and O–H groups in total. The summed E-state index contributed by atoms with van der Waals surface area (Å²) >= 11 is 0. The number of aliphatic hydroxyl groups is 1. The van der Waals surface area contributed by atoms with Crippen molar-refractivity contribution in [1.82, 2.24) is 15.5 Å². The number of nitrogens with zero attached hydrogens (tertiary/aromatic N) is 2. The molecular weight excluding hydrogens is 242 g/mol. The van der Waals surface area contributed by atoms with E-state index in [4.69, 9.17) is 0 Å². The monoisotopic (exact) mass is 263 g/mol. The highest BCUT2D eigenvalue weighted by molar-refractivity contribution is 5.95. The summed E-state index contributed by atoms with van der Waals surface area (Å²) in [4.78, 5) is 12.3. The SMILES string of the molecule is CCc1nnc(C)cc1C(=O)NC1CCCCC1O. The van der Waals surface area contributed by atoms with Gasteiger partial charge in [0, 0.05) is 0 Å². The van der Waals surface area contributed by atoms with Crippen LogP contribution in [0.2, 0.25) is 0 Å². The van der Waals surface area contributed by atoms with Gasteiger partial charge < -0.3 is 10.4 Å². The van der Waals surface area contributed by atoms with Crippen LogP contribution in [0.3, 0.4) is 0 Å². The second-order valence-electron chi connectivity index (χ2n) is 5.13. The Hall–Kier alpha value is -1.49. The molecule has 0 spiro atoms. The molecule has 1 saturated carbocycles. The van der Waals surface area contributed by atoms with Crippen LogP contribution in [0.25, 0.3) is 0 Å². The van der Waals surface area contributed by atoms with E-state index >= 15 is 0 Å². The van der Waals surface area contributed by atoms with Crippen LogP contribution >= 0.6 is 0 Å². The van der Waals surface area contributed by atoms with Gasteiger partial charge in [0.2, 0.25) is 0 Å². The third kappa shape index (κ3) is 3.29. The number of carbonyl (C=O) groups excluding carboxylic acids is 1. The van der Waals surface area contributed by atoms with Gasteiger partial charge in [-0.05, 0) is 32.3 Å². The van der Waals surface area contributed by atoms with E-state index in [-0.39, 0.29) is 11.9 Å². The molecule has 0 bridgehead atoms. The fourth-order valence-electron chi connectivity index (χ4n) is 2.50. The highest BCUT2D eigenvalue weighted by atomic mass is 16.3. The molecule has 2 atom stereocenters. The van der Waals surface area contributed by atoms with Gasteiger partial charge in [0.15, 0.2) is 0 Å². The van der Waals surface area contributed by atoms with Crippen LogP contribution in [-0.4, -0.2) is 33.4 Å². The highest BCUT2D eigenvalue weighted by Gasteiger charge is 2.25. The molecule has 1 heterocycles. The fraction of sp³-hybridized carbons (Fsp3) is 0.643. The Morgan fingerprint density at radius 3 is 2.84 bits per heavy atom. The average molecular weight is 263 g/mol. The maximum absolute atomic E-state index is 12.3. The number of hydrogen-bond acceptors (Lipinski definition) is 4. The third-order valence-electron chi connectivity index (χ3n) is 3.62. The maximum Gasteiger partial charge on any atom is 0.253 e. The van der Waals surface area contributed by atoms with Gasteiger partial charge in [-0.2, -0.15) is 10.2 Å². The Kier molecular flexibility index (Phi) is 4.47. The molecule has 1 aliphatic carbocycles. The molecule has 1 aromatic heterocycles. The summed E-state index contributed by atoms with van der Waals surface area (Å²) in [7, 11) is 0. The highest BCUT2D eigenvalue weighted by Crippen LogP contribution is 2.19. The Bertz CT molecular complexity index is 462. The van der Waals surface area contributed by atoms with Crippen molar-refractivity contribution in [2.75, 3.05) is 0 Å². The maximum atomic E-state index is 12.3. The molecule has 1 amide bonds. The number of rotatable bonds is 3. The van der Waals surface area contributed by atoms with E-state index < -0.39 is 6.10 Å². The number of aromatic nitrogens is 2. The molecule has 2 rings (SSSR count). The first-order valence-electron chi connectivity index (χ1n) is 6.94. The average Bonchev–Trinajstić information content (AvgIpc) is 2.41. The van der Waals surface area contributed by atoms with Gasteiger partial charge in [-0.25, -0.2) is 0 Å². The number of hydrogen-bond donors (Lipinski definition) is 2. The summed E-state index contributed by atoms with van der Waals surface area (Å²) in [6, 6.07) is 1.62. The van der Waals surface area contributed by atoms with E-state index in [0.29, 0.717) is 17.7 Å². The lowest BCUT2D eigenvalue weighted by molar-refractivity contribution is 0.0716. The smallest absolute Gasteiger partial charge is 0.253 e. The molecule has 0 saturated heterocycles. The molecule has 1 aromatic rings. The molecule has 5 heteroatoms. The lowest BCUT2D eigenvalue weighted by atomic mass is 9.92. The minimum atomic E-state index is -0.432. The first-order chi connectivity index (χ1) is 9.11. The molecule has 2 unspecified atom stereocenters. The molecule has 0 aliphatic heterocycles. The quantitative estimate of drug-likeness (QED) is 0.864. The van der Waals surface area contributed by atoms with Crippen molar-refractivity contribution >= 4 is 5.91 Å². The molecule has 0 aromatic carbocycles. The van der Waals surface area contributed by atoms with Gasteiger partial charge in [0.1, 0.15) is 0 Å². The molecule has 19 heavy (non-hydrogen) atoms. The second-order valence-corrected chi connectivity index (χ2v) is 5.13. The molecular formula is C14H21N3O2. The van der Waals surface area contributed by atoms with Gasteiger partial charge in [-0.15, -0.1) is 0 Å². The van der Waals surface area contributed by atoms with Crippen molar-refractivity contribution in [3.8, 4) is 0 Å². The summed E-state index contributed by atoms with van der Waals surface area (Å²) in [5, 5.41) is 20.9. The van der Waals surface area contributed by atoms with E-state index in [0.717, 1.165) is 31.4 Å². The van der Waals surface area contributed by atoms with Crippen LogP contribution in [0.4, 0.5) is 0 Å². The molecule has 5 nitrogen and oxygen atoms in total. The van der Waals surface area contributed by atoms with Crippen molar-refractivity contribution < 1.29 is 9.90 Å². The van der Waals surface area contributed by atoms with E-state index in [2.05, 4.69) is 15.5 Å². The van der Waals surface area contributed by atoms with Crippen LogP contribution in [0.1, 0.15) is 54.4 Å². The zero-order chi connectivity index (χ0) is 13.8. The Labute approximate surface area is 113 Å². The number of aliphatic hydroxyl groups excluding tert-OH is 1. The van der Waals surface area contributed by atoms with Crippen LogP contribution < -0.4 is 5.32 Å². The summed E-state index contributed by atoms with van der Waals surface area (Å²) in [5.74, 6) is -0.152. The Morgan fingerprint density at radius 2 is 2.16 bits per heavy atom. The van der Waals surface area contributed by atoms with Gasteiger partial charge in [-0.3, -0.25) is 4.79 Å². The predicted octanol–water partition coefficient (Wildman–Crippen LogP) is 1.38. The summed E-state index contributed by atoms with van der Waals surface area (Å²) < 4.78 is 0. The minimum absolute atomic E-state index is 0.139. The topological polar surface area (TPSA) is 75.1 Å². The van der Waals surface area contributed by atoms with Crippen molar-refractivity contribution in [2.45, 2.75) is 58.1 Å². The Morgan fingerprint density at radius 1 is 1.42 bits per heavy atom. The second kappa shape index (κ2) is 6.10. The van der Waals surface area contributed by atoms with Gasteiger partial charge in [-0.1, -0.05) is 19.8 Å². The summed E-state index contributed by atoms with van der Waals surface area (Å²) in [6.45, 7) is 3.77. The zero-order valence-electron chi connectivity index (χ0n) is 11.5. The molecule has 1 fully saturated rings. The third-order valence-corrected chi connectivity index (χ3v) is 3.62. The zero-order valence-corrected chi connectivity index (χ0v) is 11.5. The van der Waals surface area contributed by atoms with E-state index in [1.54, 1.807) is 6.07 Å². The Balaban J connectivity index is 2.13. The van der Waals surface area contributed by atoms with Crippen molar-refractivity contribution in [3.05, 3.63) is 23.0 Å². The van der Waals surface area contributed by atoms with Gasteiger partial charge in [0.25, 0.3) is 5.91 Å². The van der Waals surface area contributed by atoms with Crippen LogP contribution in [0, 0.1) is 6.92 Å². The van der Waals surface area contributed by atoms with Crippen LogP contribution in [0.15, 0.2) is 6.07 Å². The number of amides is 1. The molecule has 1 aliphatic rings. The first-order valence-corrected chi connectivity index (χ1v) is 6.94. The molecule has 104 valence electrons. The summed E-state index contributed by atoms with van der Waals surface area (Å²) in [6.07, 6.45) is 3.92. The number of nitrogens with one attached hydrogen (secondary N) is 1. The van der Waals surface area contributed by atoms with Gasteiger partial charge >= 0.3 is 0 Å². The van der Waals surface area contributed by atoms with E-state index in [1.165, 1.54) is 0 Å². The lowest BCUT2D eigenvalue weighted by Crippen LogP contribution is -2.45. The number of aryl methyl sites for hydroxylation is 2. The van der Waals surface area contributed by atoms with E-state index in [1.807, 2.05) is 13.8 Å². The normalized spacial score (nSPS) is 23.1. The van der Waals surface area contributed by atoms with E-state index in [9.17, 15) is 9.90 Å².